The predicted octanol–water partition coefficient (Wildman–Crippen LogP) is 8.53. The van der Waals surface area contributed by atoms with E-state index in [0.717, 1.165) is 83.1 Å². The van der Waals surface area contributed by atoms with Crippen molar-refractivity contribution in [3.63, 3.8) is 0 Å². The summed E-state index contributed by atoms with van der Waals surface area (Å²) in [5, 5.41) is 12.6. The molecule has 5 N–H and O–H groups in total. The summed E-state index contributed by atoms with van der Waals surface area (Å²) in [7, 11) is 2.61. The zero-order valence-corrected chi connectivity index (χ0v) is 41.5. The Morgan fingerprint density at radius 1 is 0.783 bits per heavy atom. The lowest BCUT2D eigenvalue weighted by atomic mass is 9.87. The SMILES string of the molecule is COC(=O)N[C@H](C(=O)N1CCC[C@H]1c1ncc(C2=CC=CC(c3ccc(-c4ccc(C5=CNC([C@@H]6CCCN6C(=O)[C@@H](NC(=O)OC)C(C)C)N5)cc4)n3-c3ccc(C(C)(C)C)cc3)C2)[nH]1)C(C)C. The standard InChI is InChI=1S/C54H69N9O6/c1-32(2)46(59-52(66)68-8)50(64)61-27-11-15-44(61)48-55-30-40(57-48)34-17-19-35(20-18-34)42-25-26-43(63(42)39-23-21-38(22-24-39)54(5,6)7)37-14-10-13-36(29-37)41-31-56-49(58-41)45-16-12-28-62(45)51(65)47(33(3)4)60-53(67)69-9/h10,13-14,17-26,30-33,37,44-48,55,57H,11-12,15-16,27-29H2,1-9H3,(H,56,58)(H,59,66)(H,60,67)/t37?,44-,45-,46-,47-,48?/m0/s1. The van der Waals surface area contributed by atoms with Crippen molar-refractivity contribution >= 4 is 35.3 Å². The van der Waals surface area contributed by atoms with Gasteiger partial charge in [-0.1, -0.05) is 103 Å². The number of carbonyl (C=O) groups is 4. The van der Waals surface area contributed by atoms with Crippen molar-refractivity contribution in [3.05, 3.63) is 120 Å². The van der Waals surface area contributed by atoms with Gasteiger partial charge >= 0.3 is 12.2 Å². The fourth-order valence-corrected chi connectivity index (χ4v) is 10.2. The van der Waals surface area contributed by atoms with Crippen molar-refractivity contribution < 1.29 is 28.7 Å². The van der Waals surface area contributed by atoms with E-state index < -0.39 is 24.3 Å². The molecule has 0 bridgehead atoms. The highest BCUT2D eigenvalue weighted by molar-refractivity contribution is 5.87. The number of alkyl carbamates (subject to hydrolysis) is 2. The van der Waals surface area contributed by atoms with E-state index in [1.807, 2.05) is 49.9 Å². The number of methoxy groups -OCH3 is 2. The van der Waals surface area contributed by atoms with Crippen molar-refractivity contribution in [1.82, 2.24) is 45.6 Å². The van der Waals surface area contributed by atoms with E-state index in [-0.39, 0.29) is 53.2 Å². The minimum Gasteiger partial charge on any atom is -0.453 e. The predicted molar refractivity (Wildman–Crippen MR) is 268 cm³/mol. The molecule has 15 heteroatoms. The quantitative estimate of drug-likeness (QED) is 0.0881. The van der Waals surface area contributed by atoms with Crippen LogP contribution >= 0.6 is 0 Å². The van der Waals surface area contributed by atoms with Crippen LogP contribution in [0.15, 0.2) is 91.3 Å². The number of allylic oxidation sites excluding steroid dienone is 4. The zero-order chi connectivity index (χ0) is 49.1. The van der Waals surface area contributed by atoms with E-state index in [2.05, 4.69) is 130 Å². The van der Waals surface area contributed by atoms with Crippen LogP contribution in [0.5, 0.6) is 0 Å². The van der Waals surface area contributed by atoms with Gasteiger partial charge in [-0.15, -0.1) is 0 Å². The van der Waals surface area contributed by atoms with Crippen LogP contribution < -0.4 is 21.3 Å². The summed E-state index contributed by atoms with van der Waals surface area (Å²) in [5.41, 5.74) is 9.67. The van der Waals surface area contributed by atoms with Crippen molar-refractivity contribution in [3.8, 4) is 16.9 Å². The molecule has 3 aliphatic heterocycles. The second-order valence-electron chi connectivity index (χ2n) is 20.4. The van der Waals surface area contributed by atoms with Crippen molar-refractivity contribution in [2.24, 2.45) is 11.8 Å². The molecule has 4 amide bonds. The lowest BCUT2D eigenvalue weighted by Crippen LogP contribution is -2.57. The van der Waals surface area contributed by atoms with Crippen molar-refractivity contribution in [2.75, 3.05) is 27.3 Å². The number of nitrogens with zero attached hydrogens (tertiary/aromatic N) is 4. The first kappa shape index (κ1) is 48.7. The second-order valence-corrected chi connectivity index (χ2v) is 20.4. The molecule has 15 nitrogen and oxygen atoms in total. The summed E-state index contributed by atoms with van der Waals surface area (Å²) in [6.07, 6.45) is 13.1. The molecule has 0 radical (unpaired) electrons. The molecule has 2 aromatic heterocycles. The Labute approximate surface area is 406 Å². The molecule has 4 aromatic rings. The summed E-state index contributed by atoms with van der Waals surface area (Å²) in [6.45, 7) is 15.6. The molecule has 2 aromatic carbocycles. The maximum absolute atomic E-state index is 13.8. The van der Waals surface area contributed by atoms with Crippen LogP contribution in [0.25, 0.3) is 28.2 Å². The van der Waals surface area contributed by atoms with E-state index >= 15 is 0 Å². The first-order valence-corrected chi connectivity index (χ1v) is 24.4. The molecule has 366 valence electrons. The number of carbonyl (C=O) groups excluding carboxylic acids is 4. The summed E-state index contributed by atoms with van der Waals surface area (Å²) < 4.78 is 12.0. The summed E-state index contributed by atoms with van der Waals surface area (Å²) in [4.78, 5) is 64.0. The van der Waals surface area contributed by atoms with Crippen LogP contribution in [0.1, 0.15) is 121 Å². The molecule has 1 aliphatic carbocycles. The van der Waals surface area contributed by atoms with Gasteiger partial charge in [0.25, 0.3) is 0 Å². The molecule has 2 saturated heterocycles. The highest BCUT2D eigenvalue weighted by Gasteiger charge is 2.41. The average Bonchev–Trinajstić information content (AvgIpc) is 4.21. The van der Waals surface area contributed by atoms with Gasteiger partial charge in [-0.05, 0) is 95.9 Å². The van der Waals surface area contributed by atoms with Gasteiger partial charge in [0.05, 0.1) is 49.6 Å². The second kappa shape index (κ2) is 20.4. The molecule has 4 aliphatic rings. The number of hydrogen-bond acceptors (Lipinski definition) is 9. The van der Waals surface area contributed by atoms with Crippen LogP contribution in [-0.2, 0) is 24.5 Å². The Hall–Kier alpha value is -6.77. The fourth-order valence-electron chi connectivity index (χ4n) is 10.2. The molecule has 6 atom stereocenters. The molecular weight excluding hydrogens is 871 g/mol. The third kappa shape index (κ3) is 10.3. The third-order valence-electron chi connectivity index (χ3n) is 14.1. The van der Waals surface area contributed by atoms with Gasteiger partial charge in [0.2, 0.25) is 11.8 Å². The molecule has 2 unspecified atom stereocenters. The molecule has 0 saturated carbocycles. The number of ether oxygens (including phenoxy) is 2. The largest absolute Gasteiger partial charge is 0.453 e. The van der Waals surface area contributed by atoms with Crippen LogP contribution in [0, 0.1) is 11.8 Å². The van der Waals surface area contributed by atoms with E-state index in [0.29, 0.717) is 13.1 Å². The number of rotatable bonds is 13. The Balaban J connectivity index is 1.01. The third-order valence-corrected chi connectivity index (χ3v) is 14.1. The molecule has 5 heterocycles. The van der Waals surface area contributed by atoms with E-state index in [1.54, 1.807) is 0 Å². The molecule has 69 heavy (non-hydrogen) atoms. The Bertz CT molecular complexity index is 2600. The van der Waals surface area contributed by atoms with Gasteiger partial charge in [0, 0.05) is 36.6 Å². The lowest BCUT2D eigenvalue weighted by Gasteiger charge is -2.34. The maximum Gasteiger partial charge on any atom is 0.407 e. The van der Waals surface area contributed by atoms with Gasteiger partial charge in [0.15, 0.2) is 0 Å². The topological polar surface area (TPSA) is 175 Å². The van der Waals surface area contributed by atoms with Crippen LogP contribution in [0.2, 0.25) is 0 Å². The average molecular weight is 940 g/mol. The number of imidazole rings is 1. The number of nitrogens with one attached hydrogen (secondary N) is 5. The number of hydrogen-bond donors (Lipinski definition) is 5. The lowest BCUT2D eigenvalue weighted by molar-refractivity contribution is -0.136. The van der Waals surface area contributed by atoms with Crippen LogP contribution in [-0.4, -0.2) is 99.9 Å². The first-order chi connectivity index (χ1) is 33.1. The van der Waals surface area contributed by atoms with Gasteiger partial charge < -0.3 is 50.1 Å². The first-order valence-electron chi connectivity index (χ1n) is 24.4. The Morgan fingerprint density at radius 3 is 2.04 bits per heavy atom. The number of aromatic amines is 1. The van der Waals surface area contributed by atoms with Gasteiger partial charge in [-0.2, -0.15) is 0 Å². The monoisotopic (exact) mass is 940 g/mol. The summed E-state index contributed by atoms with van der Waals surface area (Å²) in [6, 6.07) is 20.3. The smallest absolute Gasteiger partial charge is 0.407 e. The number of likely N-dealkylation sites (tertiary alicyclic amines) is 2. The Kier molecular flexibility index (Phi) is 14.4. The van der Waals surface area contributed by atoms with E-state index in [1.165, 1.54) is 19.8 Å². The van der Waals surface area contributed by atoms with Gasteiger partial charge in [-0.3, -0.25) is 9.59 Å². The molecular formula is C54H69N9O6. The number of aromatic nitrogens is 3. The van der Waals surface area contributed by atoms with Crippen molar-refractivity contribution in [2.45, 2.75) is 122 Å². The van der Waals surface area contributed by atoms with Gasteiger partial charge in [0.1, 0.15) is 24.1 Å². The molecule has 2 fully saturated rings. The minimum absolute atomic E-state index is 0.00492. The number of amides is 4. The van der Waals surface area contributed by atoms with E-state index in [4.69, 9.17) is 14.5 Å². The highest BCUT2D eigenvalue weighted by atomic mass is 16.5. The summed E-state index contributed by atoms with van der Waals surface area (Å²) >= 11 is 0. The minimum atomic E-state index is -0.702. The highest BCUT2D eigenvalue weighted by Crippen LogP contribution is 2.40. The molecule has 8 rings (SSSR count). The van der Waals surface area contributed by atoms with E-state index in [9.17, 15) is 19.2 Å². The number of H-pyrrole nitrogens is 1. The normalized spacial score (nSPS) is 21.1. The number of benzene rings is 2. The van der Waals surface area contributed by atoms with Crippen molar-refractivity contribution in [1.29, 1.82) is 0 Å². The fraction of sp³-hybridized carbons (Fsp3) is 0.463. The Morgan fingerprint density at radius 2 is 1.41 bits per heavy atom. The zero-order valence-electron chi connectivity index (χ0n) is 41.5. The van der Waals surface area contributed by atoms with Crippen LogP contribution in [0.4, 0.5) is 9.59 Å². The summed E-state index contributed by atoms with van der Waals surface area (Å²) in [5.74, 6) is 0.341. The van der Waals surface area contributed by atoms with Crippen LogP contribution in [0.3, 0.4) is 0 Å². The molecule has 0 spiro atoms. The maximum atomic E-state index is 13.8. The van der Waals surface area contributed by atoms with Gasteiger partial charge in [-0.25, -0.2) is 14.6 Å².